The number of amides is 1. The minimum atomic E-state index is -0.517. The van der Waals surface area contributed by atoms with Crippen molar-refractivity contribution in [3.05, 3.63) is 70.0 Å². The molecule has 2 aromatic heterocycles. The molecule has 0 aliphatic carbocycles. The van der Waals surface area contributed by atoms with Gasteiger partial charge in [0.25, 0.3) is 5.91 Å². The van der Waals surface area contributed by atoms with Crippen molar-refractivity contribution in [2.75, 3.05) is 36.0 Å². The highest BCUT2D eigenvalue weighted by Crippen LogP contribution is 2.33. The molecule has 2 aliphatic rings. The molecule has 4 aromatic rings. The Morgan fingerprint density at radius 2 is 1.86 bits per heavy atom. The number of hydrogen-bond donors (Lipinski definition) is 0. The number of thiazole rings is 1. The summed E-state index contributed by atoms with van der Waals surface area (Å²) in [6, 6.07) is 15.6. The molecular weight excluding hydrogens is 472 g/mol. The Morgan fingerprint density at radius 1 is 1.03 bits per heavy atom. The van der Waals surface area contributed by atoms with E-state index in [1.165, 1.54) is 0 Å². The van der Waals surface area contributed by atoms with Crippen molar-refractivity contribution in [2.45, 2.75) is 26.2 Å². The summed E-state index contributed by atoms with van der Waals surface area (Å²) in [6.07, 6.45) is 2.90. The average Bonchev–Trinajstić information content (AvgIpc) is 3.67. The number of ether oxygens (including phenoxy) is 1. The van der Waals surface area contributed by atoms with Gasteiger partial charge in [-0.1, -0.05) is 24.3 Å². The molecule has 2 aromatic carbocycles. The smallest absolute Gasteiger partial charge is 0.342 e. The fourth-order valence-electron chi connectivity index (χ4n) is 5.03. The summed E-state index contributed by atoms with van der Waals surface area (Å²) in [4.78, 5) is 39.4. The lowest BCUT2D eigenvalue weighted by atomic mass is 10.1. The van der Waals surface area contributed by atoms with E-state index in [1.54, 1.807) is 16.2 Å². The Morgan fingerprint density at radius 3 is 2.67 bits per heavy atom. The summed E-state index contributed by atoms with van der Waals surface area (Å²) in [5, 5.41) is 3.95. The van der Waals surface area contributed by atoms with Gasteiger partial charge in [-0.25, -0.2) is 14.8 Å². The molecule has 0 spiro atoms. The lowest BCUT2D eigenvalue weighted by Gasteiger charge is -2.21. The molecule has 0 radical (unpaired) electrons. The zero-order chi connectivity index (χ0) is 24.6. The highest BCUT2D eigenvalue weighted by molar-refractivity contribution is 7.09. The molecule has 36 heavy (non-hydrogen) atoms. The van der Waals surface area contributed by atoms with E-state index in [9.17, 15) is 9.59 Å². The second kappa shape index (κ2) is 9.35. The van der Waals surface area contributed by atoms with Crippen LogP contribution in [0.15, 0.2) is 53.9 Å². The van der Waals surface area contributed by atoms with E-state index < -0.39 is 5.97 Å². The second-order valence-electron chi connectivity index (χ2n) is 9.21. The number of nitrogens with zero attached hydrogens (tertiary/aromatic N) is 4. The van der Waals surface area contributed by atoms with Gasteiger partial charge >= 0.3 is 5.97 Å². The van der Waals surface area contributed by atoms with Crippen LogP contribution in [0.4, 0.5) is 11.5 Å². The van der Waals surface area contributed by atoms with Crippen LogP contribution in [0.5, 0.6) is 0 Å². The quantitative estimate of drug-likeness (QED) is 0.360. The second-order valence-corrected chi connectivity index (χ2v) is 10.3. The number of hydrogen-bond acceptors (Lipinski definition) is 7. The van der Waals surface area contributed by atoms with Crippen molar-refractivity contribution in [1.82, 2.24) is 9.97 Å². The van der Waals surface area contributed by atoms with Crippen LogP contribution in [0.2, 0.25) is 0 Å². The van der Waals surface area contributed by atoms with Crippen LogP contribution >= 0.6 is 11.3 Å². The maximum atomic E-state index is 13.2. The van der Waals surface area contributed by atoms with Crippen LogP contribution in [0.1, 0.15) is 33.8 Å². The van der Waals surface area contributed by atoms with Crippen LogP contribution in [-0.2, 0) is 16.0 Å². The predicted molar refractivity (Wildman–Crippen MR) is 142 cm³/mol. The summed E-state index contributed by atoms with van der Waals surface area (Å²) in [6.45, 7) is 3.97. The van der Waals surface area contributed by atoms with Gasteiger partial charge in [0.2, 0.25) is 0 Å². The van der Waals surface area contributed by atoms with E-state index in [4.69, 9.17) is 9.72 Å². The van der Waals surface area contributed by atoms with Crippen LogP contribution in [-0.4, -0.2) is 48.1 Å². The molecule has 8 heteroatoms. The average molecular weight is 499 g/mol. The standard InChI is InChI=1S/C28H26N4O3S/c1-18-29-24(17-36-18)20-8-9-25-21(14-20)10-13-32(25)26(33)16-35-28(34)22-15-19-6-2-3-7-23(19)30-27(22)31-11-4-5-12-31/h2-3,6-9,14-15,17H,4-5,10-13,16H2,1H3. The fraction of sp³-hybridized carbons (Fsp3) is 0.286. The molecule has 6 rings (SSSR count). The van der Waals surface area contributed by atoms with Gasteiger partial charge in [0.1, 0.15) is 11.4 Å². The number of esters is 1. The zero-order valence-corrected chi connectivity index (χ0v) is 20.9. The first-order valence-corrected chi connectivity index (χ1v) is 13.1. The summed E-state index contributed by atoms with van der Waals surface area (Å²) in [5.74, 6) is -0.104. The van der Waals surface area contributed by atoms with Crippen LogP contribution < -0.4 is 9.80 Å². The van der Waals surface area contributed by atoms with E-state index in [1.807, 2.05) is 54.8 Å². The Labute approximate surface area is 213 Å². The molecule has 0 atom stereocenters. The van der Waals surface area contributed by atoms with Gasteiger partial charge in [0.15, 0.2) is 6.61 Å². The SMILES string of the molecule is Cc1nc(-c2ccc3c(c2)CCN3C(=O)COC(=O)c2cc3ccccc3nc2N2CCCC2)cs1. The molecule has 0 unspecified atom stereocenters. The number of anilines is 2. The third kappa shape index (κ3) is 4.22. The lowest BCUT2D eigenvalue weighted by molar-refractivity contribution is -0.121. The Balaban J connectivity index is 1.19. The first-order valence-electron chi connectivity index (χ1n) is 12.2. The number of carbonyl (C=O) groups is 2. The first kappa shape index (κ1) is 22.7. The molecule has 0 N–H and O–H groups in total. The van der Waals surface area contributed by atoms with Crippen molar-refractivity contribution in [2.24, 2.45) is 0 Å². The Kier molecular flexibility index (Phi) is 5.89. The number of fused-ring (bicyclic) bond motifs is 2. The van der Waals surface area contributed by atoms with E-state index in [-0.39, 0.29) is 12.5 Å². The van der Waals surface area contributed by atoms with Crippen molar-refractivity contribution < 1.29 is 14.3 Å². The monoisotopic (exact) mass is 498 g/mol. The maximum absolute atomic E-state index is 13.2. The number of para-hydroxylation sites is 1. The molecule has 1 saturated heterocycles. The molecular formula is C28H26N4O3S. The van der Waals surface area contributed by atoms with E-state index in [0.717, 1.165) is 70.8 Å². The van der Waals surface area contributed by atoms with Crippen molar-refractivity contribution in [3.63, 3.8) is 0 Å². The van der Waals surface area contributed by atoms with Gasteiger partial charge in [-0.2, -0.15) is 0 Å². The molecule has 182 valence electrons. The van der Waals surface area contributed by atoms with E-state index in [2.05, 4.69) is 16.0 Å². The number of benzene rings is 2. The molecule has 0 saturated carbocycles. The van der Waals surface area contributed by atoms with Crippen molar-refractivity contribution in [1.29, 1.82) is 0 Å². The van der Waals surface area contributed by atoms with Crippen LogP contribution in [0, 0.1) is 6.92 Å². The summed E-state index contributed by atoms with van der Waals surface area (Å²) < 4.78 is 5.56. The highest BCUT2D eigenvalue weighted by atomic mass is 32.1. The topological polar surface area (TPSA) is 75.6 Å². The molecule has 4 heterocycles. The van der Waals surface area contributed by atoms with Gasteiger partial charge in [-0.3, -0.25) is 4.79 Å². The number of pyridine rings is 1. The number of aryl methyl sites for hydroxylation is 1. The molecule has 0 bridgehead atoms. The number of rotatable bonds is 5. The molecule has 7 nitrogen and oxygen atoms in total. The van der Waals surface area contributed by atoms with E-state index in [0.29, 0.717) is 17.9 Å². The van der Waals surface area contributed by atoms with Crippen molar-refractivity contribution >= 4 is 45.6 Å². The summed E-state index contributed by atoms with van der Waals surface area (Å²) >= 11 is 1.62. The normalized spacial score (nSPS) is 14.9. The predicted octanol–water partition coefficient (Wildman–Crippen LogP) is 5.01. The minimum Gasteiger partial charge on any atom is -0.452 e. The fourth-order valence-corrected chi connectivity index (χ4v) is 5.65. The number of carbonyl (C=O) groups excluding carboxylic acids is 2. The van der Waals surface area contributed by atoms with Gasteiger partial charge in [0, 0.05) is 41.7 Å². The number of aromatic nitrogens is 2. The summed E-state index contributed by atoms with van der Waals surface area (Å²) in [7, 11) is 0. The van der Waals surface area contributed by atoms with Crippen LogP contribution in [0.3, 0.4) is 0 Å². The van der Waals surface area contributed by atoms with E-state index >= 15 is 0 Å². The third-order valence-corrected chi connectivity index (χ3v) is 7.62. The summed E-state index contributed by atoms with van der Waals surface area (Å²) in [5.41, 5.74) is 5.24. The largest absolute Gasteiger partial charge is 0.452 e. The lowest BCUT2D eigenvalue weighted by Crippen LogP contribution is -2.33. The van der Waals surface area contributed by atoms with Gasteiger partial charge < -0.3 is 14.5 Å². The first-order chi connectivity index (χ1) is 17.6. The molecule has 1 fully saturated rings. The maximum Gasteiger partial charge on any atom is 0.342 e. The Bertz CT molecular complexity index is 1470. The minimum absolute atomic E-state index is 0.226. The van der Waals surface area contributed by atoms with Crippen LogP contribution in [0.25, 0.3) is 22.2 Å². The third-order valence-electron chi connectivity index (χ3n) is 6.85. The van der Waals surface area contributed by atoms with Gasteiger partial charge in [-0.05, 0) is 56.0 Å². The zero-order valence-electron chi connectivity index (χ0n) is 20.1. The van der Waals surface area contributed by atoms with Crippen molar-refractivity contribution in [3.8, 4) is 11.3 Å². The van der Waals surface area contributed by atoms with Gasteiger partial charge in [-0.15, -0.1) is 11.3 Å². The highest BCUT2D eigenvalue weighted by Gasteiger charge is 2.28. The Hall–Kier alpha value is -3.78. The molecule has 2 aliphatic heterocycles. The van der Waals surface area contributed by atoms with Gasteiger partial charge in [0.05, 0.1) is 16.2 Å². The molecule has 1 amide bonds.